The average Bonchev–Trinajstić information content (AvgIpc) is 3.28. The number of fused-ring (bicyclic) bond motifs is 1. The van der Waals surface area contributed by atoms with Gasteiger partial charge in [-0.1, -0.05) is 12.8 Å². The first-order valence-corrected chi connectivity index (χ1v) is 9.09. The second kappa shape index (κ2) is 7.22. The molecule has 0 unspecified atom stereocenters. The number of anilines is 2. The summed E-state index contributed by atoms with van der Waals surface area (Å²) in [6, 6.07) is 5.13. The SMILES string of the molecule is Cn1nc(OCC2CCCC2)c2ncc(NC(=O)c3ncccc3N)cc21. The molecular weight excluding hydrogens is 344 g/mol. The van der Waals surface area contributed by atoms with Crippen LogP contribution in [0.5, 0.6) is 5.88 Å². The molecule has 3 aromatic rings. The lowest BCUT2D eigenvalue weighted by atomic mass is 10.1. The molecule has 140 valence electrons. The Morgan fingerprint density at radius 2 is 2.19 bits per heavy atom. The Bertz CT molecular complexity index is 977. The standard InChI is InChI=1S/C19H22N6O2/c1-25-15-9-13(23-18(26)16-14(20)7-4-8-21-16)10-22-17(15)19(24-25)27-11-12-5-2-3-6-12/h4,7-10,12H,2-3,5-6,11,20H2,1H3,(H,23,26). The highest BCUT2D eigenvalue weighted by Crippen LogP contribution is 2.28. The average molecular weight is 366 g/mol. The summed E-state index contributed by atoms with van der Waals surface area (Å²) in [5, 5.41) is 7.21. The minimum atomic E-state index is -0.380. The predicted molar refractivity (Wildman–Crippen MR) is 103 cm³/mol. The minimum absolute atomic E-state index is 0.184. The van der Waals surface area contributed by atoms with E-state index in [2.05, 4.69) is 20.4 Å². The number of nitrogens with two attached hydrogens (primary N) is 1. The van der Waals surface area contributed by atoms with Crippen LogP contribution < -0.4 is 15.8 Å². The Morgan fingerprint density at radius 3 is 2.96 bits per heavy atom. The summed E-state index contributed by atoms with van der Waals surface area (Å²) >= 11 is 0. The number of carbonyl (C=O) groups excluding carboxylic acids is 1. The molecule has 27 heavy (non-hydrogen) atoms. The van der Waals surface area contributed by atoms with Gasteiger partial charge in [0.1, 0.15) is 0 Å². The van der Waals surface area contributed by atoms with Crippen molar-refractivity contribution in [1.82, 2.24) is 19.7 Å². The van der Waals surface area contributed by atoms with Crippen LogP contribution in [0.3, 0.4) is 0 Å². The normalized spacial score (nSPS) is 14.6. The van der Waals surface area contributed by atoms with Crippen molar-refractivity contribution in [2.24, 2.45) is 13.0 Å². The molecule has 8 nitrogen and oxygen atoms in total. The van der Waals surface area contributed by atoms with E-state index in [4.69, 9.17) is 10.5 Å². The number of ether oxygens (including phenoxy) is 1. The molecular formula is C19H22N6O2. The molecule has 0 spiro atoms. The maximum absolute atomic E-state index is 12.4. The van der Waals surface area contributed by atoms with Crippen molar-refractivity contribution in [1.29, 1.82) is 0 Å². The predicted octanol–water partition coefficient (Wildman–Crippen LogP) is 2.77. The van der Waals surface area contributed by atoms with E-state index in [1.165, 1.54) is 31.9 Å². The summed E-state index contributed by atoms with van der Waals surface area (Å²) in [4.78, 5) is 20.8. The number of nitrogen functional groups attached to an aromatic ring is 1. The van der Waals surface area contributed by atoms with E-state index < -0.39 is 0 Å². The summed E-state index contributed by atoms with van der Waals surface area (Å²) in [5.74, 6) is 0.754. The number of hydrogen-bond acceptors (Lipinski definition) is 6. The van der Waals surface area contributed by atoms with Crippen LogP contribution in [0.25, 0.3) is 11.0 Å². The second-order valence-electron chi connectivity index (χ2n) is 6.88. The maximum Gasteiger partial charge on any atom is 0.276 e. The van der Waals surface area contributed by atoms with Crippen LogP contribution >= 0.6 is 0 Å². The third kappa shape index (κ3) is 3.55. The number of rotatable bonds is 5. The van der Waals surface area contributed by atoms with E-state index in [9.17, 15) is 4.79 Å². The highest BCUT2D eigenvalue weighted by atomic mass is 16.5. The van der Waals surface area contributed by atoms with Crippen molar-refractivity contribution >= 4 is 28.3 Å². The van der Waals surface area contributed by atoms with Gasteiger partial charge in [-0.05, 0) is 37.0 Å². The molecule has 1 amide bonds. The van der Waals surface area contributed by atoms with E-state index in [1.54, 1.807) is 23.0 Å². The Labute approximate surface area is 156 Å². The quantitative estimate of drug-likeness (QED) is 0.719. The van der Waals surface area contributed by atoms with Gasteiger partial charge in [0.05, 0.1) is 29.7 Å². The molecule has 0 saturated heterocycles. The third-order valence-electron chi connectivity index (χ3n) is 4.90. The fourth-order valence-corrected chi connectivity index (χ4v) is 3.44. The summed E-state index contributed by atoms with van der Waals surface area (Å²) < 4.78 is 7.63. The number of pyridine rings is 2. The van der Waals surface area contributed by atoms with E-state index in [0.717, 1.165) is 5.52 Å². The smallest absolute Gasteiger partial charge is 0.276 e. The van der Waals surface area contributed by atoms with E-state index in [0.29, 0.717) is 35.3 Å². The molecule has 1 aliphatic rings. The Balaban J connectivity index is 1.53. The molecule has 0 aromatic carbocycles. The van der Waals surface area contributed by atoms with Gasteiger partial charge in [0.2, 0.25) is 0 Å². The number of amides is 1. The first-order valence-electron chi connectivity index (χ1n) is 9.09. The van der Waals surface area contributed by atoms with Gasteiger partial charge >= 0.3 is 0 Å². The van der Waals surface area contributed by atoms with Gasteiger partial charge in [0.15, 0.2) is 11.2 Å². The van der Waals surface area contributed by atoms with Crippen LogP contribution in [0, 0.1) is 5.92 Å². The monoisotopic (exact) mass is 366 g/mol. The van der Waals surface area contributed by atoms with Crippen LogP contribution in [0.4, 0.5) is 11.4 Å². The van der Waals surface area contributed by atoms with Gasteiger partial charge in [-0.2, -0.15) is 0 Å². The highest BCUT2D eigenvalue weighted by Gasteiger charge is 2.19. The van der Waals surface area contributed by atoms with Gasteiger partial charge in [-0.25, -0.2) is 9.97 Å². The van der Waals surface area contributed by atoms with Crippen LogP contribution in [0.1, 0.15) is 36.2 Å². The zero-order valence-electron chi connectivity index (χ0n) is 15.2. The second-order valence-corrected chi connectivity index (χ2v) is 6.88. The van der Waals surface area contributed by atoms with E-state index in [1.807, 2.05) is 13.1 Å². The first kappa shape index (κ1) is 17.3. The molecule has 1 fully saturated rings. The molecule has 3 N–H and O–H groups in total. The molecule has 3 aromatic heterocycles. The first-order chi connectivity index (χ1) is 13.1. The summed E-state index contributed by atoms with van der Waals surface area (Å²) in [5.41, 5.74) is 8.33. The molecule has 4 rings (SSSR count). The summed E-state index contributed by atoms with van der Waals surface area (Å²) in [6.07, 6.45) is 8.10. The van der Waals surface area contributed by atoms with Crippen LogP contribution in [0.15, 0.2) is 30.6 Å². The van der Waals surface area contributed by atoms with Crippen LogP contribution in [-0.4, -0.2) is 32.3 Å². The van der Waals surface area contributed by atoms with Crippen LogP contribution in [-0.2, 0) is 7.05 Å². The fourth-order valence-electron chi connectivity index (χ4n) is 3.44. The van der Waals surface area contributed by atoms with Crippen molar-refractivity contribution in [3.05, 3.63) is 36.3 Å². The van der Waals surface area contributed by atoms with Crippen molar-refractivity contribution in [3.63, 3.8) is 0 Å². The largest absolute Gasteiger partial charge is 0.475 e. The lowest BCUT2D eigenvalue weighted by molar-refractivity contribution is 0.102. The number of hydrogen-bond donors (Lipinski definition) is 2. The number of carbonyl (C=O) groups is 1. The molecule has 0 atom stereocenters. The molecule has 0 aliphatic heterocycles. The molecule has 8 heteroatoms. The van der Waals surface area contributed by atoms with Gasteiger partial charge in [-0.3, -0.25) is 9.48 Å². The number of aryl methyl sites for hydroxylation is 1. The zero-order valence-corrected chi connectivity index (χ0v) is 15.2. The molecule has 1 saturated carbocycles. The summed E-state index contributed by atoms with van der Waals surface area (Å²) in [7, 11) is 1.83. The zero-order chi connectivity index (χ0) is 18.8. The fraction of sp³-hybridized carbons (Fsp3) is 0.368. The van der Waals surface area contributed by atoms with E-state index >= 15 is 0 Å². The van der Waals surface area contributed by atoms with Gasteiger partial charge < -0.3 is 15.8 Å². The number of nitrogens with zero attached hydrogens (tertiary/aromatic N) is 4. The molecule has 0 bridgehead atoms. The third-order valence-corrected chi connectivity index (χ3v) is 4.90. The number of nitrogens with one attached hydrogen (secondary N) is 1. The summed E-state index contributed by atoms with van der Waals surface area (Å²) in [6.45, 7) is 0.672. The molecule has 0 radical (unpaired) electrons. The lowest BCUT2D eigenvalue weighted by Crippen LogP contribution is -2.15. The Hall–Kier alpha value is -3.16. The molecule has 3 heterocycles. The molecule has 1 aliphatic carbocycles. The van der Waals surface area contributed by atoms with Crippen molar-refractivity contribution < 1.29 is 9.53 Å². The van der Waals surface area contributed by atoms with Gasteiger partial charge in [0.25, 0.3) is 11.8 Å². The topological polar surface area (TPSA) is 108 Å². The van der Waals surface area contributed by atoms with Crippen molar-refractivity contribution in [2.75, 3.05) is 17.7 Å². The highest BCUT2D eigenvalue weighted by molar-refractivity contribution is 6.06. The number of aromatic nitrogens is 4. The van der Waals surface area contributed by atoms with Crippen molar-refractivity contribution in [3.8, 4) is 5.88 Å². The Morgan fingerprint density at radius 1 is 1.37 bits per heavy atom. The van der Waals surface area contributed by atoms with Gasteiger partial charge in [-0.15, -0.1) is 5.10 Å². The van der Waals surface area contributed by atoms with Crippen molar-refractivity contribution in [2.45, 2.75) is 25.7 Å². The Kier molecular flexibility index (Phi) is 4.62. The van der Waals surface area contributed by atoms with E-state index in [-0.39, 0.29) is 11.6 Å². The lowest BCUT2D eigenvalue weighted by Gasteiger charge is -2.09. The maximum atomic E-state index is 12.4. The van der Waals surface area contributed by atoms with Crippen LogP contribution in [0.2, 0.25) is 0 Å². The minimum Gasteiger partial charge on any atom is -0.475 e. The van der Waals surface area contributed by atoms with Gasteiger partial charge in [0, 0.05) is 13.2 Å².